The topological polar surface area (TPSA) is 80.7 Å². The second-order valence-electron chi connectivity index (χ2n) is 6.04. The Hall–Kier alpha value is -1.65. The van der Waals surface area contributed by atoms with Crippen LogP contribution in [0, 0.1) is 23.7 Å². The van der Waals surface area contributed by atoms with E-state index in [0.29, 0.717) is 5.92 Å². The molecule has 3 rings (SSSR count). The van der Waals surface area contributed by atoms with Crippen molar-refractivity contribution in [3.8, 4) is 0 Å². The average molecular weight is 278 g/mol. The zero-order chi connectivity index (χ0) is 14.3. The molecule has 0 spiro atoms. The van der Waals surface area contributed by atoms with Gasteiger partial charge >= 0.3 is 5.97 Å². The molecule has 20 heavy (non-hydrogen) atoms. The Balaban J connectivity index is 2.07. The summed E-state index contributed by atoms with van der Waals surface area (Å²) < 4.78 is 4.63. The zero-order valence-corrected chi connectivity index (χ0v) is 11.2. The summed E-state index contributed by atoms with van der Waals surface area (Å²) in [7, 11) is 0. The van der Waals surface area contributed by atoms with Crippen molar-refractivity contribution in [1.29, 1.82) is 0 Å². The molecule has 3 fully saturated rings. The lowest BCUT2D eigenvalue weighted by Gasteiger charge is -2.39. The van der Waals surface area contributed by atoms with Crippen LogP contribution in [0.15, 0.2) is 11.3 Å². The highest BCUT2D eigenvalue weighted by molar-refractivity contribution is 6.06. The Morgan fingerprint density at radius 3 is 2.40 bits per heavy atom. The maximum absolute atomic E-state index is 12.6. The number of rotatable bonds is 3. The van der Waals surface area contributed by atoms with Crippen molar-refractivity contribution in [3.63, 3.8) is 0 Å². The van der Waals surface area contributed by atoms with Crippen molar-refractivity contribution < 1.29 is 24.2 Å². The van der Waals surface area contributed by atoms with Gasteiger partial charge in [0.25, 0.3) is 6.47 Å². The molecular formula is C15H18O5. The summed E-state index contributed by atoms with van der Waals surface area (Å²) in [6, 6.07) is 0. The van der Waals surface area contributed by atoms with Gasteiger partial charge in [0, 0.05) is 11.5 Å². The quantitative estimate of drug-likeness (QED) is 0.484. The minimum Gasteiger partial charge on any atom is -0.475 e. The Bertz CT molecular complexity index is 490. The molecule has 0 heterocycles. The van der Waals surface area contributed by atoms with E-state index < -0.39 is 11.7 Å². The van der Waals surface area contributed by atoms with E-state index in [-0.39, 0.29) is 35.6 Å². The van der Waals surface area contributed by atoms with Crippen LogP contribution >= 0.6 is 0 Å². The number of hydrogen-bond donors (Lipinski definition) is 1. The number of ketones is 1. The van der Waals surface area contributed by atoms with E-state index in [1.807, 2.05) is 0 Å². The highest BCUT2D eigenvalue weighted by atomic mass is 16.5. The number of carboxylic acid groups (broad SMARTS) is 1. The van der Waals surface area contributed by atoms with Crippen LogP contribution in [-0.2, 0) is 19.1 Å². The first-order chi connectivity index (χ1) is 9.65. The Morgan fingerprint density at radius 1 is 1.15 bits per heavy atom. The van der Waals surface area contributed by atoms with Crippen molar-refractivity contribution >= 4 is 18.2 Å². The summed E-state index contributed by atoms with van der Waals surface area (Å²) in [5.41, 5.74) is 0.270. The van der Waals surface area contributed by atoms with Crippen LogP contribution in [0.2, 0.25) is 0 Å². The summed E-state index contributed by atoms with van der Waals surface area (Å²) in [5.74, 6) is -1.14. The van der Waals surface area contributed by atoms with Gasteiger partial charge in [0.1, 0.15) is 0 Å². The fraction of sp³-hybridized carbons (Fsp3) is 0.667. The Morgan fingerprint density at radius 2 is 1.80 bits per heavy atom. The smallest absolute Gasteiger partial charge is 0.372 e. The second kappa shape index (κ2) is 5.04. The highest BCUT2D eigenvalue weighted by Crippen LogP contribution is 2.55. The van der Waals surface area contributed by atoms with Crippen molar-refractivity contribution in [2.75, 3.05) is 0 Å². The number of carbonyl (C=O) groups is 3. The number of hydrogen-bond acceptors (Lipinski definition) is 4. The predicted octanol–water partition coefficient (Wildman–Crippen LogP) is 1.91. The maximum Gasteiger partial charge on any atom is 0.372 e. The first-order valence-electron chi connectivity index (χ1n) is 7.27. The van der Waals surface area contributed by atoms with Gasteiger partial charge in [-0.1, -0.05) is 25.7 Å². The van der Waals surface area contributed by atoms with E-state index in [1.165, 1.54) is 0 Å². The molecule has 0 aromatic heterocycles. The van der Waals surface area contributed by atoms with Gasteiger partial charge in [0.15, 0.2) is 5.78 Å². The lowest BCUT2D eigenvalue weighted by molar-refractivity contribution is -0.141. The Kier molecular flexibility index (Phi) is 3.36. The Labute approximate surface area is 117 Å². The fourth-order valence-electron chi connectivity index (χ4n) is 4.63. The average Bonchev–Trinajstić information content (AvgIpc) is 2.72. The number of carboxylic acids is 1. The molecule has 3 aliphatic carbocycles. The summed E-state index contributed by atoms with van der Waals surface area (Å²) in [6.07, 6.45) is 5.99. The minimum atomic E-state index is -1.32. The van der Waals surface area contributed by atoms with Crippen LogP contribution < -0.4 is 0 Å². The number of carbonyl (C=O) groups excluding carboxylic acids is 2. The molecule has 5 heteroatoms. The molecule has 3 saturated carbocycles. The SMILES string of the molecule is O=CO/C(C(=O)O)=C1\C(=O)C2CCCC3CCCC1C32. The van der Waals surface area contributed by atoms with E-state index in [1.54, 1.807) is 0 Å². The van der Waals surface area contributed by atoms with Gasteiger partial charge < -0.3 is 9.84 Å². The summed E-state index contributed by atoms with van der Waals surface area (Å²) in [6.45, 7) is 0.103. The lowest BCUT2D eigenvalue weighted by atomic mass is 9.64. The highest BCUT2D eigenvalue weighted by Gasteiger charge is 2.53. The summed E-state index contributed by atoms with van der Waals surface area (Å²) in [4.78, 5) is 34.4. The van der Waals surface area contributed by atoms with Gasteiger partial charge in [-0.05, 0) is 30.6 Å². The molecule has 0 radical (unpaired) electrons. The number of Topliss-reactive ketones (excluding diaryl/α,β-unsaturated/α-hetero) is 1. The zero-order valence-electron chi connectivity index (χ0n) is 11.2. The lowest BCUT2D eigenvalue weighted by Crippen LogP contribution is -2.33. The molecule has 1 N–H and O–H groups in total. The third-order valence-corrected chi connectivity index (χ3v) is 5.23. The normalized spacial score (nSPS) is 38.1. The minimum absolute atomic E-state index is 0.0300. The third kappa shape index (κ3) is 1.87. The fourth-order valence-corrected chi connectivity index (χ4v) is 4.63. The molecule has 0 bridgehead atoms. The van der Waals surface area contributed by atoms with E-state index in [4.69, 9.17) is 0 Å². The summed E-state index contributed by atoms with van der Waals surface area (Å²) in [5, 5.41) is 9.22. The number of ether oxygens (including phenoxy) is 1. The van der Waals surface area contributed by atoms with Crippen molar-refractivity contribution in [1.82, 2.24) is 0 Å². The standard InChI is InChI=1S/C15H18O5/c16-7-20-14(15(18)19)12-9-5-1-3-8-4-2-6-10(11(8)9)13(12)17/h7-11H,1-6H2,(H,18,19)/b14-12-. The monoisotopic (exact) mass is 278 g/mol. The molecule has 0 aliphatic heterocycles. The molecule has 5 nitrogen and oxygen atoms in total. The van der Waals surface area contributed by atoms with Gasteiger partial charge in [-0.2, -0.15) is 0 Å². The molecule has 0 aromatic carbocycles. The van der Waals surface area contributed by atoms with Crippen LogP contribution in [0.4, 0.5) is 0 Å². The van der Waals surface area contributed by atoms with Gasteiger partial charge in [-0.3, -0.25) is 9.59 Å². The van der Waals surface area contributed by atoms with Crippen LogP contribution in [0.25, 0.3) is 0 Å². The van der Waals surface area contributed by atoms with Crippen LogP contribution in [0.1, 0.15) is 38.5 Å². The molecule has 3 aliphatic rings. The predicted molar refractivity (Wildman–Crippen MR) is 68.5 cm³/mol. The largest absolute Gasteiger partial charge is 0.475 e. The van der Waals surface area contributed by atoms with Crippen LogP contribution in [0.5, 0.6) is 0 Å². The maximum atomic E-state index is 12.6. The molecule has 0 amide bonds. The van der Waals surface area contributed by atoms with E-state index in [0.717, 1.165) is 38.5 Å². The second-order valence-corrected chi connectivity index (χ2v) is 6.04. The van der Waals surface area contributed by atoms with Crippen LogP contribution in [0.3, 0.4) is 0 Å². The number of allylic oxidation sites excluding steroid dienone is 1. The summed E-state index contributed by atoms with van der Waals surface area (Å²) >= 11 is 0. The third-order valence-electron chi connectivity index (χ3n) is 5.23. The van der Waals surface area contributed by atoms with Gasteiger partial charge in [0.05, 0.1) is 0 Å². The van der Waals surface area contributed by atoms with E-state index in [2.05, 4.69) is 4.74 Å². The first kappa shape index (κ1) is 13.3. The van der Waals surface area contributed by atoms with Crippen molar-refractivity contribution in [2.45, 2.75) is 38.5 Å². The van der Waals surface area contributed by atoms with Gasteiger partial charge in [0.2, 0.25) is 5.76 Å². The van der Waals surface area contributed by atoms with Crippen molar-refractivity contribution in [2.24, 2.45) is 23.7 Å². The molecular weight excluding hydrogens is 260 g/mol. The molecule has 0 aromatic rings. The van der Waals surface area contributed by atoms with Gasteiger partial charge in [-0.25, -0.2) is 4.79 Å². The van der Waals surface area contributed by atoms with E-state index in [9.17, 15) is 19.5 Å². The molecule has 108 valence electrons. The van der Waals surface area contributed by atoms with E-state index >= 15 is 0 Å². The molecule has 4 unspecified atom stereocenters. The number of aliphatic carboxylic acids is 1. The van der Waals surface area contributed by atoms with Crippen LogP contribution in [-0.4, -0.2) is 23.3 Å². The first-order valence-corrected chi connectivity index (χ1v) is 7.27. The van der Waals surface area contributed by atoms with Gasteiger partial charge in [-0.15, -0.1) is 0 Å². The molecule has 0 saturated heterocycles. The molecule has 4 atom stereocenters. The van der Waals surface area contributed by atoms with Crippen molar-refractivity contribution in [3.05, 3.63) is 11.3 Å².